The van der Waals surface area contributed by atoms with Gasteiger partial charge in [0.25, 0.3) is 0 Å². The van der Waals surface area contributed by atoms with Gasteiger partial charge < -0.3 is 4.74 Å². The van der Waals surface area contributed by atoms with Crippen molar-refractivity contribution in [1.29, 1.82) is 0 Å². The van der Waals surface area contributed by atoms with Crippen LogP contribution in [0.2, 0.25) is 0 Å². The van der Waals surface area contributed by atoms with E-state index in [-0.39, 0.29) is 0 Å². The van der Waals surface area contributed by atoms with Crippen LogP contribution in [0.3, 0.4) is 0 Å². The highest BCUT2D eigenvalue weighted by atomic mass is 32.2. The summed E-state index contributed by atoms with van der Waals surface area (Å²) < 4.78 is 64.6. The molecule has 0 atom stereocenters. The summed E-state index contributed by atoms with van der Waals surface area (Å²) in [6.45, 7) is 2.11. The Morgan fingerprint density at radius 2 is 1.64 bits per heavy atom. The summed E-state index contributed by atoms with van der Waals surface area (Å²) in [5.41, 5.74) is -6.48. The van der Waals surface area contributed by atoms with Crippen molar-refractivity contribution >= 4 is 10.1 Å². The highest BCUT2D eigenvalue weighted by Crippen LogP contribution is 2.25. The molecular formula is C6H11F3O4S. The van der Waals surface area contributed by atoms with Gasteiger partial charge >= 0.3 is 15.6 Å². The molecule has 0 saturated heterocycles. The van der Waals surface area contributed by atoms with Crippen molar-refractivity contribution in [2.75, 3.05) is 13.7 Å². The number of hydrogen-bond donors (Lipinski definition) is 0. The number of hydrogen-bond acceptors (Lipinski definition) is 4. The van der Waals surface area contributed by atoms with E-state index < -0.39 is 27.8 Å². The molecule has 0 fully saturated rings. The van der Waals surface area contributed by atoms with Gasteiger partial charge in [-0.05, 0) is 13.8 Å². The van der Waals surface area contributed by atoms with E-state index in [4.69, 9.17) is 0 Å². The number of alkyl halides is 3. The van der Waals surface area contributed by atoms with Gasteiger partial charge in [0.15, 0.2) is 0 Å². The van der Waals surface area contributed by atoms with Crippen molar-refractivity contribution in [3.05, 3.63) is 0 Å². The molecule has 0 saturated carbocycles. The summed E-state index contributed by atoms with van der Waals surface area (Å²) in [6, 6.07) is 0. The zero-order chi connectivity index (χ0) is 11.6. The fourth-order valence-electron chi connectivity index (χ4n) is 0.345. The second kappa shape index (κ2) is 4.03. The highest BCUT2D eigenvalue weighted by Gasteiger charge is 2.48. The van der Waals surface area contributed by atoms with Crippen molar-refractivity contribution in [2.24, 2.45) is 0 Å². The average Bonchev–Trinajstić information content (AvgIpc) is 1.99. The van der Waals surface area contributed by atoms with Gasteiger partial charge in [-0.25, -0.2) is 0 Å². The topological polar surface area (TPSA) is 52.6 Å². The molecule has 0 radical (unpaired) electrons. The van der Waals surface area contributed by atoms with Crippen LogP contribution in [0.4, 0.5) is 13.2 Å². The fourth-order valence-corrected chi connectivity index (χ4v) is 0.918. The molecule has 0 aliphatic carbocycles. The molecule has 0 heterocycles. The van der Waals surface area contributed by atoms with Crippen molar-refractivity contribution in [3.63, 3.8) is 0 Å². The SMILES string of the molecule is COC(C)(C)COS(=O)(=O)C(F)(F)F. The van der Waals surface area contributed by atoms with Crippen LogP contribution in [0.1, 0.15) is 13.8 Å². The molecule has 14 heavy (non-hydrogen) atoms. The summed E-state index contributed by atoms with van der Waals surface area (Å²) in [5.74, 6) is 0. The Morgan fingerprint density at radius 3 is 1.93 bits per heavy atom. The first-order valence-corrected chi connectivity index (χ1v) is 4.93. The molecule has 0 rings (SSSR count). The second-order valence-electron chi connectivity index (χ2n) is 3.13. The van der Waals surface area contributed by atoms with E-state index in [1.54, 1.807) is 0 Å². The molecule has 8 heteroatoms. The Hall–Kier alpha value is -0.340. The highest BCUT2D eigenvalue weighted by molar-refractivity contribution is 7.87. The van der Waals surface area contributed by atoms with Crippen LogP contribution in [0, 0.1) is 0 Å². The molecule has 4 nitrogen and oxygen atoms in total. The second-order valence-corrected chi connectivity index (χ2v) is 4.73. The third kappa shape index (κ3) is 3.81. The third-order valence-electron chi connectivity index (χ3n) is 1.40. The lowest BCUT2D eigenvalue weighted by Crippen LogP contribution is -2.34. The molecule has 0 aliphatic rings. The van der Waals surface area contributed by atoms with Crippen LogP contribution < -0.4 is 0 Å². The third-order valence-corrected chi connectivity index (χ3v) is 2.39. The lowest BCUT2D eigenvalue weighted by molar-refractivity contribution is -0.0639. The summed E-state index contributed by atoms with van der Waals surface area (Å²) in [7, 11) is -4.28. The lowest BCUT2D eigenvalue weighted by Gasteiger charge is -2.22. The molecule has 86 valence electrons. The zero-order valence-corrected chi connectivity index (χ0v) is 8.70. The van der Waals surface area contributed by atoms with Gasteiger partial charge in [-0.3, -0.25) is 4.18 Å². The number of rotatable bonds is 4. The van der Waals surface area contributed by atoms with E-state index >= 15 is 0 Å². The van der Waals surface area contributed by atoms with Crippen LogP contribution in [0.15, 0.2) is 0 Å². The fraction of sp³-hybridized carbons (Fsp3) is 1.00. The minimum Gasteiger partial charge on any atom is -0.376 e. The molecule has 0 aliphatic heterocycles. The number of methoxy groups -OCH3 is 1. The normalized spacial score (nSPS) is 14.4. The van der Waals surface area contributed by atoms with Crippen molar-refractivity contribution in [3.8, 4) is 0 Å². The number of halogens is 3. The molecule has 0 bridgehead atoms. The summed E-state index contributed by atoms with van der Waals surface area (Å²) >= 11 is 0. The first kappa shape index (κ1) is 13.7. The first-order chi connectivity index (χ1) is 6.02. The van der Waals surface area contributed by atoms with E-state index in [9.17, 15) is 21.6 Å². The Balaban J connectivity index is 4.43. The molecule has 0 unspecified atom stereocenters. The molecule has 0 spiro atoms. The van der Waals surface area contributed by atoms with E-state index in [1.165, 1.54) is 21.0 Å². The minimum atomic E-state index is -5.52. The van der Waals surface area contributed by atoms with Crippen molar-refractivity contribution in [1.82, 2.24) is 0 Å². The largest absolute Gasteiger partial charge is 0.523 e. The minimum absolute atomic E-state index is 0.689. The Morgan fingerprint density at radius 1 is 1.21 bits per heavy atom. The molecule has 0 amide bonds. The van der Waals surface area contributed by atoms with Crippen molar-refractivity contribution in [2.45, 2.75) is 25.0 Å². The molecular weight excluding hydrogens is 225 g/mol. The number of ether oxygens (including phenoxy) is 1. The van der Waals surface area contributed by atoms with Gasteiger partial charge in [0, 0.05) is 7.11 Å². The monoisotopic (exact) mass is 236 g/mol. The van der Waals surface area contributed by atoms with Crippen molar-refractivity contribution < 1.29 is 30.5 Å². The van der Waals surface area contributed by atoms with Crippen LogP contribution in [0.25, 0.3) is 0 Å². The maximum Gasteiger partial charge on any atom is 0.523 e. The van der Waals surface area contributed by atoms with E-state index in [2.05, 4.69) is 8.92 Å². The van der Waals surface area contributed by atoms with Crippen LogP contribution in [-0.4, -0.2) is 33.2 Å². The van der Waals surface area contributed by atoms with E-state index in [0.717, 1.165) is 0 Å². The van der Waals surface area contributed by atoms with Gasteiger partial charge in [0.05, 0.1) is 12.2 Å². The molecule has 0 aromatic rings. The Labute approximate surface area is 80.1 Å². The smallest absolute Gasteiger partial charge is 0.376 e. The molecule has 0 aromatic heterocycles. The Bertz CT molecular complexity index is 280. The average molecular weight is 236 g/mol. The van der Waals surface area contributed by atoms with E-state index in [1.807, 2.05) is 0 Å². The summed E-state index contributed by atoms with van der Waals surface area (Å²) in [6.07, 6.45) is 0. The maximum atomic E-state index is 11.8. The molecule has 0 aromatic carbocycles. The summed E-state index contributed by atoms with van der Waals surface area (Å²) in [5, 5.41) is 0. The maximum absolute atomic E-state index is 11.8. The van der Waals surface area contributed by atoms with Crippen LogP contribution in [-0.2, 0) is 19.0 Å². The predicted molar refractivity (Wildman–Crippen MR) is 42.0 cm³/mol. The zero-order valence-electron chi connectivity index (χ0n) is 7.88. The predicted octanol–water partition coefficient (Wildman–Crippen LogP) is 1.28. The van der Waals surface area contributed by atoms with E-state index in [0.29, 0.717) is 0 Å². The lowest BCUT2D eigenvalue weighted by atomic mass is 10.2. The van der Waals surface area contributed by atoms with Crippen LogP contribution in [0.5, 0.6) is 0 Å². The van der Waals surface area contributed by atoms with Gasteiger partial charge in [-0.15, -0.1) is 0 Å². The quantitative estimate of drug-likeness (QED) is 0.545. The Kier molecular flexibility index (Phi) is 3.93. The van der Waals surface area contributed by atoms with Crippen LogP contribution >= 0.6 is 0 Å². The first-order valence-electron chi connectivity index (χ1n) is 3.53. The molecule has 0 N–H and O–H groups in total. The standard InChI is InChI=1S/C6H11F3O4S/c1-5(2,12-3)4-13-14(10,11)6(7,8)9/h4H2,1-3H3. The van der Waals surface area contributed by atoms with Gasteiger partial charge in [0.2, 0.25) is 0 Å². The van der Waals surface area contributed by atoms with Gasteiger partial charge in [-0.1, -0.05) is 0 Å². The van der Waals surface area contributed by atoms with Gasteiger partial charge in [-0.2, -0.15) is 21.6 Å². The van der Waals surface area contributed by atoms with Gasteiger partial charge in [0.1, 0.15) is 0 Å². The summed E-state index contributed by atoms with van der Waals surface area (Å²) in [4.78, 5) is 0.